The minimum Gasteiger partial charge on any atom is -0.456 e. The minimum absolute atomic E-state index is 0.850. The van der Waals surface area contributed by atoms with E-state index in [1.807, 2.05) is 18.2 Å². The first-order valence-corrected chi connectivity index (χ1v) is 15.7. The molecule has 46 heavy (non-hydrogen) atoms. The zero-order chi connectivity index (χ0) is 30.5. The molecule has 9 aromatic rings. The van der Waals surface area contributed by atoms with Crippen LogP contribution < -0.4 is 4.90 Å². The van der Waals surface area contributed by atoms with E-state index in [1.165, 1.54) is 43.4 Å². The van der Waals surface area contributed by atoms with Crippen molar-refractivity contribution in [2.75, 3.05) is 4.90 Å². The third kappa shape index (κ3) is 4.51. The summed E-state index contributed by atoms with van der Waals surface area (Å²) in [6.07, 6.45) is 0. The first kappa shape index (κ1) is 26.3. The molecule has 0 amide bonds. The summed E-state index contributed by atoms with van der Waals surface area (Å²) in [4.78, 5) is 2.34. The third-order valence-electron chi connectivity index (χ3n) is 9.03. The molecule has 0 N–H and O–H groups in total. The zero-order valence-electron chi connectivity index (χ0n) is 25.1. The largest absolute Gasteiger partial charge is 0.456 e. The Morgan fingerprint density at radius 1 is 0.370 bits per heavy atom. The van der Waals surface area contributed by atoms with Crippen molar-refractivity contribution in [3.63, 3.8) is 0 Å². The molecule has 0 aliphatic rings. The summed E-state index contributed by atoms with van der Waals surface area (Å²) in [6, 6.07) is 62.8. The van der Waals surface area contributed by atoms with Gasteiger partial charge in [0.15, 0.2) is 0 Å². The maximum absolute atomic E-state index is 6.40. The maximum atomic E-state index is 6.40. The van der Waals surface area contributed by atoms with Gasteiger partial charge in [-0.25, -0.2) is 0 Å². The lowest BCUT2D eigenvalue weighted by molar-refractivity contribution is 0.631. The molecule has 0 saturated carbocycles. The molecule has 0 unspecified atom stereocenters. The summed E-state index contributed by atoms with van der Waals surface area (Å²) < 4.78 is 6.40. The fraction of sp³-hybridized carbons (Fsp3) is 0. The van der Waals surface area contributed by atoms with Gasteiger partial charge in [0.25, 0.3) is 0 Å². The average Bonchev–Trinajstić information content (AvgIpc) is 3.56. The Bertz CT molecular complexity index is 2510. The Morgan fingerprint density at radius 3 is 1.87 bits per heavy atom. The van der Waals surface area contributed by atoms with Crippen molar-refractivity contribution in [3.05, 3.63) is 176 Å². The SMILES string of the molecule is c1ccc(N(c2ccc(-c3ccc4c(ccc5ccccc54)c3)cc2)c2ccc3ccccc3c2)c(-c2cc3ccccc3o2)c1. The summed E-state index contributed by atoms with van der Waals surface area (Å²) in [5.74, 6) is 0.850. The number of para-hydroxylation sites is 2. The normalized spacial score (nSPS) is 11.5. The molecule has 216 valence electrons. The molecule has 9 rings (SSSR count). The fourth-order valence-electron chi connectivity index (χ4n) is 6.73. The fourth-order valence-corrected chi connectivity index (χ4v) is 6.73. The van der Waals surface area contributed by atoms with E-state index in [9.17, 15) is 0 Å². The number of rotatable bonds is 5. The molecule has 8 aromatic carbocycles. The van der Waals surface area contributed by atoms with Gasteiger partial charge in [-0.2, -0.15) is 0 Å². The van der Waals surface area contributed by atoms with E-state index >= 15 is 0 Å². The van der Waals surface area contributed by atoms with E-state index in [1.54, 1.807) is 0 Å². The quantitative estimate of drug-likeness (QED) is 0.186. The number of furan rings is 1. The lowest BCUT2D eigenvalue weighted by Crippen LogP contribution is -2.11. The molecule has 0 spiro atoms. The molecule has 0 aliphatic carbocycles. The van der Waals surface area contributed by atoms with Crippen molar-refractivity contribution in [1.82, 2.24) is 0 Å². The maximum Gasteiger partial charge on any atom is 0.137 e. The van der Waals surface area contributed by atoms with Gasteiger partial charge >= 0.3 is 0 Å². The highest BCUT2D eigenvalue weighted by atomic mass is 16.3. The molecule has 0 aliphatic heterocycles. The van der Waals surface area contributed by atoms with Gasteiger partial charge in [0, 0.05) is 22.3 Å². The highest BCUT2D eigenvalue weighted by molar-refractivity contribution is 6.08. The summed E-state index contributed by atoms with van der Waals surface area (Å²) in [5, 5.41) is 8.60. The zero-order valence-corrected chi connectivity index (χ0v) is 25.1. The molecule has 1 aromatic heterocycles. The number of hydrogen-bond donors (Lipinski definition) is 0. The van der Waals surface area contributed by atoms with Crippen LogP contribution in [0.15, 0.2) is 180 Å². The van der Waals surface area contributed by atoms with Crippen LogP contribution in [-0.4, -0.2) is 0 Å². The average molecular weight is 588 g/mol. The van der Waals surface area contributed by atoms with Crippen molar-refractivity contribution in [2.24, 2.45) is 0 Å². The Hall–Kier alpha value is -6.12. The Morgan fingerprint density at radius 2 is 1.00 bits per heavy atom. The lowest BCUT2D eigenvalue weighted by atomic mass is 9.97. The lowest BCUT2D eigenvalue weighted by Gasteiger charge is -2.28. The van der Waals surface area contributed by atoms with E-state index < -0.39 is 0 Å². The number of hydrogen-bond acceptors (Lipinski definition) is 2. The van der Waals surface area contributed by atoms with Crippen LogP contribution in [0.5, 0.6) is 0 Å². The molecule has 0 atom stereocenters. The molecule has 1 heterocycles. The summed E-state index contributed by atoms with van der Waals surface area (Å²) >= 11 is 0. The molecule has 2 heteroatoms. The minimum atomic E-state index is 0.850. The van der Waals surface area contributed by atoms with Crippen LogP contribution in [0.25, 0.3) is 65.7 Å². The molecular weight excluding hydrogens is 558 g/mol. The second-order valence-corrected chi connectivity index (χ2v) is 11.8. The van der Waals surface area contributed by atoms with E-state index in [2.05, 4.69) is 163 Å². The van der Waals surface area contributed by atoms with Gasteiger partial charge in [0.05, 0.1) is 5.69 Å². The molecule has 2 nitrogen and oxygen atoms in total. The first-order valence-electron chi connectivity index (χ1n) is 15.7. The van der Waals surface area contributed by atoms with E-state index in [-0.39, 0.29) is 0 Å². The molecule has 0 bridgehead atoms. The second-order valence-electron chi connectivity index (χ2n) is 11.8. The number of nitrogens with zero attached hydrogens (tertiary/aromatic N) is 1. The van der Waals surface area contributed by atoms with E-state index in [4.69, 9.17) is 4.42 Å². The third-order valence-corrected chi connectivity index (χ3v) is 9.03. The predicted molar refractivity (Wildman–Crippen MR) is 194 cm³/mol. The summed E-state index contributed by atoms with van der Waals surface area (Å²) in [7, 11) is 0. The topological polar surface area (TPSA) is 16.4 Å². The number of fused-ring (bicyclic) bond motifs is 5. The molecule has 0 fully saturated rings. The number of anilines is 3. The number of benzene rings is 8. The van der Waals surface area contributed by atoms with E-state index in [0.29, 0.717) is 0 Å². The van der Waals surface area contributed by atoms with Crippen LogP contribution >= 0.6 is 0 Å². The monoisotopic (exact) mass is 587 g/mol. The smallest absolute Gasteiger partial charge is 0.137 e. The summed E-state index contributed by atoms with van der Waals surface area (Å²) in [5.41, 5.74) is 7.54. The molecule has 0 saturated heterocycles. The van der Waals surface area contributed by atoms with Crippen molar-refractivity contribution in [2.45, 2.75) is 0 Å². The van der Waals surface area contributed by atoms with Crippen LogP contribution in [0, 0.1) is 0 Å². The Labute approximate surface area is 267 Å². The van der Waals surface area contributed by atoms with Crippen molar-refractivity contribution < 1.29 is 4.42 Å². The van der Waals surface area contributed by atoms with Gasteiger partial charge in [-0.3, -0.25) is 0 Å². The Kier molecular flexibility index (Phi) is 6.17. The van der Waals surface area contributed by atoms with Gasteiger partial charge in [-0.15, -0.1) is 0 Å². The Balaban J connectivity index is 1.17. The van der Waals surface area contributed by atoms with Crippen LogP contribution in [0.1, 0.15) is 0 Å². The van der Waals surface area contributed by atoms with Crippen molar-refractivity contribution in [1.29, 1.82) is 0 Å². The van der Waals surface area contributed by atoms with Gasteiger partial charge in [-0.1, -0.05) is 121 Å². The van der Waals surface area contributed by atoms with Gasteiger partial charge in [0.1, 0.15) is 11.3 Å². The van der Waals surface area contributed by atoms with Gasteiger partial charge < -0.3 is 9.32 Å². The first-order chi connectivity index (χ1) is 22.8. The van der Waals surface area contributed by atoms with Crippen molar-refractivity contribution >= 4 is 60.3 Å². The van der Waals surface area contributed by atoms with Gasteiger partial charge in [0.2, 0.25) is 0 Å². The highest BCUT2D eigenvalue weighted by Crippen LogP contribution is 2.43. The van der Waals surface area contributed by atoms with Crippen molar-refractivity contribution in [3.8, 4) is 22.5 Å². The highest BCUT2D eigenvalue weighted by Gasteiger charge is 2.19. The van der Waals surface area contributed by atoms with Crippen LogP contribution in [0.4, 0.5) is 17.1 Å². The standard InChI is InChI=1S/C44H29NO/c1-2-11-33-28-38(25-21-30(33)9-1)45(42-15-7-6-14-41(42)44-29-36-12-4-8-16-43(36)46-44)37-23-19-31(20-24-37)34-22-26-40-35(27-34)18-17-32-10-3-5-13-39(32)40/h1-29H. The van der Waals surface area contributed by atoms with Gasteiger partial charge in [-0.05, 0) is 98.0 Å². The molecular formula is C44H29NO. The molecule has 0 radical (unpaired) electrons. The van der Waals surface area contributed by atoms with Crippen LogP contribution in [0.3, 0.4) is 0 Å². The predicted octanol–water partition coefficient (Wildman–Crippen LogP) is 12.7. The summed E-state index contributed by atoms with van der Waals surface area (Å²) in [6.45, 7) is 0. The second kappa shape index (κ2) is 10.8. The van der Waals surface area contributed by atoms with Crippen LogP contribution in [-0.2, 0) is 0 Å². The van der Waals surface area contributed by atoms with E-state index in [0.717, 1.165) is 39.4 Å². The van der Waals surface area contributed by atoms with Crippen LogP contribution in [0.2, 0.25) is 0 Å².